The molecule has 7 nitrogen and oxygen atoms in total. The molecule has 0 heterocycles. The first-order valence-electron chi connectivity index (χ1n) is 7.33. The fraction of sp³-hybridized carbons (Fsp3) is 0.125. The Balaban J connectivity index is 2.52. The Hall–Kier alpha value is -2.38. The molecule has 0 radical (unpaired) electrons. The van der Waals surface area contributed by atoms with Gasteiger partial charge < -0.3 is 15.6 Å². The van der Waals surface area contributed by atoms with Crippen molar-refractivity contribution in [3.8, 4) is 0 Å². The lowest BCUT2D eigenvalue weighted by Gasteiger charge is -2.15. The highest BCUT2D eigenvalue weighted by Gasteiger charge is 2.23. The minimum atomic E-state index is -1.49. The van der Waals surface area contributed by atoms with Crippen molar-refractivity contribution in [2.45, 2.75) is 0 Å². The highest BCUT2D eigenvalue weighted by molar-refractivity contribution is 14.1. The predicted octanol–water partition coefficient (Wildman–Crippen LogP) is 2.91. The summed E-state index contributed by atoms with van der Waals surface area (Å²) in [7, 11) is 0. The maximum atomic E-state index is 14.5. The SMILES string of the molecule is O=C(NOCCO)c1cc(/C=N/O)c(F)c(F)c1Nc1ccc(I)cc1F. The summed E-state index contributed by atoms with van der Waals surface area (Å²) in [5, 5.41) is 22.2. The van der Waals surface area contributed by atoms with E-state index in [-0.39, 0.29) is 18.9 Å². The van der Waals surface area contributed by atoms with E-state index in [2.05, 4.69) is 15.3 Å². The van der Waals surface area contributed by atoms with Gasteiger partial charge in [-0.2, -0.15) is 0 Å². The van der Waals surface area contributed by atoms with Gasteiger partial charge in [0.15, 0.2) is 11.6 Å². The molecule has 0 aliphatic heterocycles. The molecule has 0 saturated heterocycles. The van der Waals surface area contributed by atoms with Gasteiger partial charge in [-0.15, -0.1) is 0 Å². The molecule has 11 heteroatoms. The summed E-state index contributed by atoms with van der Waals surface area (Å²) in [6.45, 7) is -0.631. The number of oxime groups is 1. The Kier molecular flexibility index (Phi) is 7.38. The second kappa shape index (κ2) is 9.53. The van der Waals surface area contributed by atoms with Crippen LogP contribution in [0.15, 0.2) is 29.4 Å². The standard InChI is InChI=1S/C16H13F3IN3O4/c17-11-6-9(20)1-2-12(11)22-15-10(16(25)23-27-4-3-24)5-8(7-21-26)13(18)14(15)19/h1-2,5-7,22,24,26H,3-4H2,(H,23,25)/b21-7+. The van der Waals surface area contributed by atoms with E-state index in [4.69, 9.17) is 10.3 Å². The molecule has 0 atom stereocenters. The number of anilines is 2. The zero-order chi connectivity index (χ0) is 20.0. The first kappa shape index (κ1) is 20.9. The summed E-state index contributed by atoms with van der Waals surface area (Å²) in [4.78, 5) is 16.9. The maximum Gasteiger partial charge on any atom is 0.277 e. The van der Waals surface area contributed by atoms with Gasteiger partial charge in [-0.05, 0) is 46.9 Å². The summed E-state index contributed by atoms with van der Waals surface area (Å²) in [5.74, 6) is -4.64. The molecular formula is C16H13F3IN3O4. The number of hydroxylamine groups is 1. The molecule has 1 amide bonds. The maximum absolute atomic E-state index is 14.5. The van der Waals surface area contributed by atoms with E-state index < -0.39 is 40.2 Å². The molecule has 2 rings (SSSR count). The smallest absolute Gasteiger partial charge is 0.277 e. The van der Waals surface area contributed by atoms with Crippen molar-refractivity contribution in [1.29, 1.82) is 0 Å². The number of carbonyl (C=O) groups excluding carboxylic acids is 1. The predicted molar refractivity (Wildman–Crippen MR) is 98.6 cm³/mol. The van der Waals surface area contributed by atoms with Gasteiger partial charge >= 0.3 is 0 Å². The van der Waals surface area contributed by atoms with Crippen LogP contribution in [0.3, 0.4) is 0 Å². The first-order chi connectivity index (χ1) is 12.9. The van der Waals surface area contributed by atoms with Crippen LogP contribution in [-0.4, -0.2) is 35.6 Å². The summed E-state index contributed by atoms with van der Waals surface area (Å²) in [6.07, 6.45) is 0.596. The number of benzene rings is 2. The number of aliphatic hydroxyl groups is 1. The number of hydrogen-bond donors (Lipinski definition) is 4. The summed E-state index contributed by atoms with van der Waals surface area (Å²) in [5.41, 5.74) is 0.136. The molecular weight excluding hydrogens is 482 g/mol. The fourth-order valence-electron chi connectivity index (χ4n) is 2.05. The number of rotatable bonds is 7. The monoisotopic (exact) mass is 495 g/mol. The summed E-state index contributed by atoms with van der Waals surface area (Å²) >= 11 is 1.87. The second-order valence-electron chi connectivity index (χ2n) is 5.01. The van der Waals surface area contributed by atoms with Crippen LogP contribution < -0.4 is 10.8 Å². The summed E-state index contributed by atoms with van der Waals surface area (Å²) < 4.78 is 43.3. The van der Waals surface area contributed by atoms with Crippen molar-refractivity contribution in [2.75, 3.05) is 18.5 Å². The Morgan fingerprint density at radius 1 is 1.26 bits per heavy atom. The number of halogens is 4. The summed E-state index contributed by atoms with van der Waals surface area (Å²) in [6, 6.07) is 4.87. The molecule has 2 aromatic rings. The van der Waals surface area contributed by atoms with Crippen molar-refractivity contribution < 1.29 is 33.1 Å². The zero-order valence-corrected chi connectivity index (χ0v) is 15.6. The Bertz CT molecular complexity index is 880. The van der Waals surface area contributed by atoms with E-state index in [0.717, 1.165) is 12.1 Å². The number of carbonyl (C=O) groups is 1. The topological polar surface area (TPSA) is 103 Å². The van der Waals surface area contributed by atoms with Crippen LogP contribution in [0.1, 0.15) is 15.9 Å². The molecule has 27 heavy (non-hydrogen) atoms. The third-order valence-electron chi connectivity index (χ3n) is 3.23. The average molecular weight is 495 g/mol. The third-order valence-corrected chi connectivity index (χ3v) is 3.90. The third kappa shape index (κ3) is 5.08. The van der Waals surface area contributed by atoms with Crippen LogP contribution in [0.2, 0.25) is 0 Å². The lowest BCUT2D eigenvalue weighted by Crippen LogP contribution is -2.26. The van der Waals surface area contributed by atoms with Gasteiger partial charge in [-0.25, -0.2) is 18.7 Å². The fourth-order valence-corrected chi connectivity index (χ4v) is 2.50. The van der Waals surface area contributed by atoms with Crippen LogP contribution in [0.25, 0.3) is 0 Å². The number of nitrogens with zero attached hydrogens (tertiary/aromatic N) is 1. The van der Waals surface area contributed by atoms with E-state index in [0.29, 0.717) is 9.78 Å². The molecule has 144 valence electrons. The first-order valence-corrected chi connectivity index (χ1v) is 8.41. The van der Waals surface area contributed by atoms with Crippen molar-refractivity contribution >= 4 is 46.1 Å². The van der Waals surface area contributed by atoms with Crippen LogP contribution in [0.4, 0.5) is 24.5 Å². The average Bonchev–Trinajstić information content (AvgIpc) is 2.63. The van der Waals surface area contributed by atoms with Crippen LogP contribution in [0, 0.1) is 21.0 Å². The van der Waals surface area contributed by atoms with Gasteiger partial charge in [0.2, 0.25) is 0 Å². The number of nitrogens with one attached hydrogen (secondary N) is 2. The molecule has 0 aliphatic rings. The molecule has 4 N–H and O–H groups in total. The van der Waals surface area contributed by atoms with Crippen molar-refractivity contribution in [1.82, 2.24) is 5.48 Å². The van der Waals surface area contributed by atoms with Crippen LogP contribution in [0.5, 0.6) is 0 Å². The zero-order valence-electron chi connectivity index (χ0n) is 13.5. The molecule has 0 saturated carbocycles. The molecule has 0 aromatic heterocycles. The van der Waals surface area contributed by atoms with Gasteiger partial charge in [0, 0.05) is 9.13 Å². The van der Waals surface area contributed by atoms with Crippen molar-refractivity contribution in [3.05, 3.63) is 56.4 Å². The molecule has 0 spiro atoms. The highest BCUT2D eigenvalue weighted by atomic mass is 127. The second-order valence-corrected chi connectivity index (χ2v) is 6.26. The van der Waals surface area contributed by atoms with Gasteiger partial charge in [-0.1, -0.05) is 5.16 Å². The molecule has 2 aromatic carbocycles. The highest BCUT2D eigenvalue weighted by Crippen LogP contribution is 2.30. The van der Waals surface area contributed by atoms with Gasteiger partial charge in [-0.3, -0.25) is 9.63 Å². The number of hydrogen-bond acceptors (Lipinski definition) is 6. The minimum Gasteiger partial charge on any atom is -0.411 e. The van der Waals surface area contributed by atoms with E-state index in [1.807, 2.05) is 28.1 Å². The number of amides is 1. The van der Waals surface area contributed by atoms with E-state index >= 15 is 0 Å². The lowest BCUT2D eigenvalue weighted by molar-refractivity contribution is 0.0168. The Labute approximate surface area is 164 Å². The Morgan fingerprint density at radius 3 is 2.63 bits per heavy atom. The van der Waals surface area contributed by atoms with Gasteiger partial charge in [0.25, 0.3) is 5.91 Å². The largest absolute Gasteiger partial charge is 0.411 e. The van der Waals surface area contributed by atoms with Gasteiger partial charge in [0.05, 0.1) is 36.4 Å². The quantitative estimate of drug-likeness (QED) is 0.156. The minimum absolute atomic E-state index is 0.192. The Morgan fingerprint density at radius 2 is 2.00 bits per heavy atom. The molecule has 0 aliphatic carbocycles. The van der Waals surface area contributed by atoms with Crippen LogP contribution in [-0.2, 0) is 4.84 Å². The van der Waals surface area contributed by atoms with Crippen LogP contribution >= 0.6 is 22.6 Å². The van der Waals surface area contributed by atoms with E-state index in [1.54, 1.807) is 0 Å². The normalized spacial score (nSPS) is 11.0. The van der Waals surface area contributed by atoms with Crippen molar-refractivity contribution in [2.24, 2.45) is 5.16 Å². The number of aliphatic hydroxyl groups excluding tert-OH is 1. The lowest BCUT2D eigenvalue weighted by atomic mass is 10.1. The van der Waals surface area contributed by atoms with Crippen molar-refractivity contribution in [3.63, 3.8) is 0 Å². The molecule has 0 bridgehead atoms. The van der Waals surface area contributed by atoms with E-state index in [9.17, 15) is 18.0 Å². The molecule has 0 fully saturated rings. The van der Waals surface area contributed by atoms with Gasteiger partial charge in [0.1, 0.15) is 5.82 Å². The molecule has 0 unspecified atom stereocenters. The van der Waals surface area contributed by atoms with E-state index in [1.165, 1.54) is 12.1 Å².